The first-order valence-electron chi connectivity index (χ1n) is 5.85. The molecule has 0 unspecified atom stereocenters. The molecule has 1 aromatic heterocycles. The largest absolute Gasteiger partial charge is 0.490 e. The van der Waals surface area contributed by atoms with E-state index in [1.165, 1.54) is 6.07 Å². The topological polar surface area (TPSA) is 55.8 Å². The lowest BCUT2D eigenvalue weighted by Gasteiger charge is -2.13. The van der Waals surface area contributed by atoms with Gasteiger partial charge in [-0.1, -0.05) is 6.07 Å². The van der Waals surface area contributed by atoms with Gasteiger partial charge < -0.3 is 14.6 Å². The van der Waals surface area contributed by atoms with Crippen LogP contribution in [0.15, 0.2) is 35.0 Å². The number of benzene rings is 1. The zero-order chi connectivity index (χ0) is 13.7. The van der Waals surface area contributed by atoms with Crippen LogP contribution in [-0.4, -0.2) is 17.7 Å². The standard InChI is InChI=1S/C14H14O4S/c1-2-17-12-5-3-4-11(14(15)16)13(12)18-8-10-6-7-19-9-10/h3-7,9H,2,8H2,1H3,(H,15,16). The van der Waals surface area contributed by atoms with Crippen molar-refractivity contribution in [1.82, 2.24) is 0 Å². The summed E-state index contributed by atoms with van der Waals surface area (Å²) in [4.78, 5) is 11.2. The number of carboxylic acid groups (broad SMARTS) is 1. The molecule has 0 bridgehead atoms. The summed E-state index contributed by atoms with van der Waals surface area (Å²) >= 11 is 1.57. The molecule has 0 aliphatic heterocycles. The van der Waals surface area contributed by atoms with E-state index < -0.39 is 5.97 Å². The predicted molar refractivity (Wildman–Crippen MR) is 73.2 cm³/mol. The smallest absolute Gasteiger partial charge is 0.339 e. The van der Waals surface area contributed by atoms with Crippen molar-refractivity contribution in [3.8, 4) is 11.5 Å². The minimum absolute atomic E-state index is 0.112. The quantitative estimate of drug-likeness (QED) is 0.879. The Morgan fingerprint density at radius 2 is 2.16 bits per heavy atom. The molecule has 0 spiro atoms. The second-order valence-corrected chi connectivity index (χ2v) is 4.57. The number of thiophene rings is 1. The van der Waals surface area contributed by atoms with E-state index in [4.69, 9.17) is 9.47 Å². The highest BCUT2D eigenvalue weighted by molar-refractivity contribution is 7.07. The molecule has 5 heteroatoms. The Morgan fingerprint density at radius 1 is 1.32 bits per heavy atom. The van der Waals surface area contributed by atoms with Gasteiger partial charge in [0.25, 0.3) is 0 Å². The van der Waals surface area contributed by atoms with Crippen LogP contribution >= 0.6 is 11.3 Å². The van der Waals surface area contributed by atoms with Gasteiger partial charge in [-0.05, 0) is 41.4 Å². The van der Waals surface area contributed by atoms with Crippen molar-refractivity contribution in [2.24, 2.45) is 0 Å². The average Bonchev–Trinajstić information content (AvgIpc) is 2.90. The number of hydrogen-bond acceptors (Lipinski definition) is 4. The fourth-order valence-electron chi connectivity index (χ4n) is 1.63. The summed E-state index contributed by atoms with van der Waals surface area (Å²) in [5.74, 6) is -0.289. The van der Waals surface area contributed by atoms with Gasteiger partial charge in [0.1, 0.15) is 12.2 Å². The minimum atomic E-state index is -1.03. The first-order chi connectivity index (χ1) is 9.22. The average molecular weight is 278 g/mol. The van der Waals surface area contributed by atoms with Gasteiger partial charge in [-0.2, -0.15) is 11.3 Å². The van der Waals surface area contributed by atoms with Gasteiger partial charge in [0, 0.05) is 0 Å². The zero-order valence-electron chi connectivity index (χ0n) is 10.5. The molecule has 0 aliphatic rings. The number of carbonyl (C=O) groups is 1. The molecule has 0 saturated heterocycles. The highest BCUT2D eigenvalue weighted by Crippen LogP contribution is 2.32. The summed E-state index contributed by atoms with van der Waals surface area (Å²) in [7, 11) is 0. The van der Waals surface area contributed by atoms with Gasteiger partial charge in [0.2, 0.25) is 0 Å². The number of ether oxygens (including phenoxy) is 2. The highest BCUT2D eigenvalue weighted by atomic mass is 32.1. The van der Waals surface area contributed by atoms with E-state index >= 15 is 0 Å². The lowest BCUT2D eigenvalue weighted by atomic mass is 10.2. The van der Waals surface area contributed by atoms with Crippen LogP contribution in [-0.2, 0) is 6.61 Å². The van der Waals surface area contributed by atoms with Crippen LogP contribution < -0.4 is 9.47 Å². The van der Waals surface area contributed by atoms with Crippen LogP contribution in [0.4, 0.5) is 0 Å². The number of carboxylic acids is 1. The van der Waals surface area contributed by atoms with Crippen molar-refractivity contribution in [1.29, 1.82) is 0 Å². The van der Waals surface area contributed by atoms with E-state index in [0.717, 1.165) is 5.56 Å². The van der Waals surface area contributed by atoms with Crippen LogP contribution in [0, 0.1) is 0 Å². The van der Waals surface area contributed by atoms with E-state index in [0.29, 0.717) is 19.0 Å². The third-order valence-corrected chi connectivity index (χ3v) is 3.20. The van der Waals surface area contributed by atoms with Crippen LogP contribution in [0.3, 0.4) is 0 Å². The molecule has 0 aliphatic carbocycles. The Labute approximate surface area is 115 Å². The second-order valence-electron chi connectivity index (χ2n) is 3.79. The third-order valence-electron chi connectivity index (χ3n) is 2.47. The highest BCUT2D eigenvalue weighted by Gasteiger charge is 2.16. The Bertz CT molecular complexity index is 549. The Morgan fingerprint density at radius 3 is 2.79 bits per heavy atom. The second kappa shape index (κ2) is 6.24. The summed E-state index contributed by atoms with van der Waals surface area (Å²) in [5, 5.41) is 13.1. The normalized spacial score (nSPS) is 10.2. The number of aromatic carboxylic acids is 1. The van der Waals surface area contributed by atoms with Crippen molar-refractivity contribution in [2.45, 2.75) is 13.5 Å². The van der Waals surface area contributed by atoms with Crippen LogP contribution in [0.25, 0.3) is 0 Å². The first-order valence-corrected chi connectivity index (χ1v) is 6.79. The molecular formula is C14H14O4S. The van der Waals surface area contributed by atoms with Crippen molar-refractivity contribution in [3.05, 3.63) is 46.2 Å². The number of rotatable bonds is 6. The molecule has 0 saturated carbocycles. The molecule has 1 aromatic carbocycles. The monoisotopic (exact) mass is 278 g/mol. The van der Waals surface area contributed by atoms with Gasteiger partial charge >= 0.3 is 5.97 Å². The summed E-state index contributed by atoms with van der Waals surface area (Å²) in [6.07, 6.45) is 0. The van der Waals surface area contributed by atoms with E-state index in [1.807, 2.05) is 23.8 Å². The summed E-state index contributed by atoms with van der Waals surface area (Å²) in [5.41, 5.74) is 1.12. The van der Waals surface area contributed by atoms with Crippen molar-refractivity contribution in [3.63, 3.8) is 0 Å². The summed E-state index contributed by atoms with van der Waals surface area (Å²) in [6, 6.07) is 6.80. The Balaban J connectivity index is 2.26. The first kappa shape index (κ1) is 13.4. The van der Waals surface area contributed by atoms with Crippen LogP contribution in [0.1, 0.15) is 22.8 Å². The van der Waals surface area contributed by atoms with E-state index in [1.54, 1.807) is 23.5 Å². The van der Waals surface area contributed by atoms with Crippen LogP contribution in [0.2, 0.25) is 0 Å². The van der Waals surface area contributed by atoms with Crippen LogP contribution in [0.5, 0.6) is 11.5 Å². The molecule has 2 aromatic rings. The van der Waals surface area contributed by atoms with Crippen molar-refractivity contribution >= 4 is 17.3 Å². The lowest BCUT2D eigenvalue weighted by molar-refractivity contribution is 0.0690. The van der Waals surface area contributed by atoms with Crippen molar-refractivity contribution in [2.75, 3.05) is 6.61 Å². The molecule has 0 amide bonds. The van der Waals surface area contributed by atoms with E-state index in [-0.39, 0.29) is 11.3 Å². The third kappa shape index (κ3) is 3.26. The maximum absolute atomic E-state index is 11.2. The molecule has 0 radical (unpaired) electrons. The lowest BCUT2D eigenvalue weighted by Crippen LogP contribution is -2.05. The fraction of sp³-hybridized carbons (Fsp3) is 0.214. The zero-order valence-corrected chi connectivity index (χ0v) is 11.3. The predicted octanol–water partition coefficient (Wildman–Crippen LogP) is 3.42. The summed E-state index contributed by atoms with van der Waals surface area (Å²) in [6.45, 7) is 2.63. The molecule has 2 rings (SSSR count). The summed E-state index contributed by atoms with van der Waals surface area (Å²) < 4.78 is 11.0. The van der Waals surface area contributed by atoms with E-state index in [9.17, 15) is 9.90 Å². The van der Waals surface area contributed by atoms with Gasteiger partial charge in [-0.15, -0.1) is 0 Å². The minimum Gasteiger partial charge on any atom is -0.490 e. The maximum Gasteiger partial charge on any atom is 0.339 e. The molecule has 4 nitrogen and oxygen atoms in total. The van der Waals surface area contributed by atoms with Gasteiger partial charge in [-0.3, -0.25) is 0 Å². The molecule has 1 heterocycles. The molecule has 100 valence electrons. The molecule has 0 fully saturated rings. The molecule has 1 N–H and O–H groups in total. The Kier molecular flexibility index (Phi) is 4.41. The number of hydrogen-bond donors (Lipinski definition) is 1. The maximum atomic E-state index is 11.2. The van der Waals surface area contributed by atoms with E-state index in [2.05, 4.69) is 0 Å². The molecule has 19 heavy (non-hydrogen) atoms. The Hall–Kier alpha value is -2.01. The fourth-order valence-corrected chi connectivity index (χ4v) is 2.29. The SMILES string of the molecule is CCOc1cccc(C(=O)O)c1OCc1ccsc1. The van der Waals surface area contributed by atoms with Gasteiger partial charge in [0.15, 0.2) is 11.5 Å². The number of para-hydroxylation sites is 1. The van der Waals surface area contributed by atoms with Crippen molar-refractivity contribution < 1.29 is 19.4 Å². The molecule has 0 atom stereocenters. The van der Waals surface area contributed by atoms with Gasteiger partial charge in [0.05, 0.1) is 6.61 Å². The van der Waals surface area contributed by atoms with Gasteiger partial charge in [-0.25, -0.2) is 4.79 Å². The molecular weight excluding hydrogens is 264 g/mol.